The zero-order valence-corrected chi connectivity index (χ0v) is 30.0. The van der Waals surface area contributed by atoms with Crippen LogP contribution in [-0.4, -0.2) is 56.1 Å². The van der Waals surface area contributed by atoms with Crippen molar-refractivity contribution in [2.75, 3.05) is 5.32 Å². The lowest BCUT2D eigenvalue weighted by molar-refractivity contribution is -0.177. The monoisotopic (exact) mass is 668 g/mol. The second-order valence-electron chi connectivity index (χ2n) is 15.6. The fraction of sp³-hybridized carbons (Fsp3) is 0.500. The van der Waals surface area contributed by atoms with Crippen LogP contribution in [0.2, 0.25) is 0 Å². The lowest BCUT2D eigenvalue weighted by atomic mass is 9.65. The van der Waals surface area contributed by atoms with Gasteiger partial charge in [-0.05, 0) is 101 Å². The number of nitrogens with zero attached hydrogens (tertiary/aromatic N) is 2. The predicted molar refractivity (Wildman–Crippen MR) is 193 cm³/mol. The Labute approximate surface area is 290 Å². The average molecular weight is 669 g/mol. The maximum Gasteiger partial charge on any atom is 0.408 e. The van der Waals surface area contributed by atoms with Crippen molar-refractivity contribution in [3.05, 3.63) is 72.4 Å². The third-order valence-electron chi connectivity index (χ3n) is 9.68. The molecule has 9 nitrogen and oxygen atoms in total. The third kappa shape index (κ3) is 8.87. The van der Waals surface area contributed by atoms with Crippen molar-refractivity contribution in [2.24, 2.45) is 5.92 Å². The Bertz CT molecular complexity index is 1630. The maximum atomic E-state index is 13.2. The second-order valence-corrected chi connectivity index (χ2v) is 15.6. The molecule has 2 fully saturated rings. The Morgan fingerprint density at radius 1 is 0.959 bits per heavy atom. The first-order chi connectivity index (χ1) is 23.0. The van der Waals surface area contributed by atoms with Gasteiger partial charge in [-0.1, -0.05) is 54.6 Å². The molecule has 3 aromatic rings. The molecule has 2 saturated carbocycles. The Kier molecular flexibility index (Phi) is 10.5. The molecule has 0 saturated heterocycles. The average Bonchev–Trinajstić information content (AvgIpc) is 3.00. The van der Waals surface area contributed by atoms with Crippen LogP contribution in [-0.2, 0) is 19.9 Å². The molecule has 262 valence electrons. The van der Waals surface area contributed by atoms with E-state index in [0.29, 0.717) is 25.1 Å². The number of amides is 3. The fourth-order valence-electron chi connectivity index (χ4n) is 7.71. The van der Waals surface area contributed by atoms with Gasteiger partial charge in [-0.2, -0.15) is 0 Å². The van der Waals surface area contributed by atoms with Crippen LogP contribution in [0.5, 0.6) is 0 Å². The summed E-state index contributed by atoms with van der Waals surface area (Å²) < 4.78 is 5.97. The van der Waals surface area contributed by atoms with E-state index >= 15 is 0 Å². The van der Waals surface area contributed by atoms with Gasteiger partial charge in [-0.15, -0.1) is 0 Å². The number of carbonyl (C=O) groups is 3. The minimum atomic E-state index is -0.924. The minimum absolute atomic E-state index is 0.0588. The molecule has 2 aromatic carbocycles. The molecule has 3 amide bonds. The van der Waals surface area contributed by atoms with Gasteiger partial charge < -0.3 is 25.4 Å². The summed E-state index contributed by atoms with van der Waals surface area (Å²) >= 11 is 0. The highest BCUT2D eigenvalue weighted by Crippen LogP contribution is 2.51. The third-order valence-corrected chi connectivity index (χ3v) is 9.68. The van der Waals surface area contributed by atoms with Crippen molar-refractivity contribution in [1.82, 2.24) is 15.2 Å². The molecule has 0 aliphatic heterocycles. The molecule has 0 unspecified atom stereocenters. The van der Waals surface area contributed by atoms with Gasteiger partial charge in [0.1, 0.15) is 11.4 Å². The smallest absolute Gasteiger partial charge is 0.408 e. The van der Waals surface area contributed by atoms with E-state index in [-0.39, 0.29) is 29.8 Å². The van der Waals surface area contributed by atoms with E-state index in [9.17, 15) is 19.5 Å². The zero-order valence-electron chi connectivity index (χ0n) is 30.0. The molecule has 9 heteroatoms. The van der Waals surface area contributed by atoms with Crippen LogP contribution in [0.3, 0.4) is 0 Å². The van der Waals surface area contributed by atoms with Crippen molar-refractivity contribution in [3.8, 4) is 22.3 Å². The first-order valence-electron chi connectivity index (χ1n) is 17.5. The molecule has 1 aromatic heterocycles. The van der Waals surface area contributed by atoms with E-state index < -0.39 is 22.8 Å². The molecule has 2 aliphatic rings. The molecule has 49 heavy (non-hydrogen) atoms. The summed E-state index contributed by atoms with van der Waals surface area (Å²) in [4.78, 5) is 44.8. The summed E-state index contributed by atoms with van der Waals surface area (Å²) in [5.41, 5.74) is 2.26. The van der Waals surface area contributed by atoms with Gasteiger partial charge in [0, 0.05) is 55.6 Å². The molecule has 0 bridgehead atoms. The quantitative estimate of drug-likeness (QED) is 0.214. The van der Waals surface area contributed by atoms with Gasteiger partial charge in [0.25, 0.3) is 0 Å². The zero-order chi connectivity index (χ0) is 35.6. The van der Waals surface area contributed by atoms with Crippen LogP contribution in [0.1, 0.15) is 99.0 Å². The summed E-state index contributed by atoms with van der Waals surface area (Å²) in [6.45, 7) is 13.2. The number of aliphatic hydroxyl groups is 1. The number of nitrogens with one attached hydrogen (secondary N) is 2. The van der Waals surface area contributed by atoms with Crippen molar-refractivity contribution < 1.29 is 24.2 Å². The van der Waals surface area contributed by atoms with Gasteiger partial charge >= 0.3 is 6.09 Å². The molecular formula is C40H52N4O5. The van der Waals surface area contributed by atoms with E-state index in [1.165, 1.54) is 0 Å². The van der Waals surface area contributed by atoms with E-state index in [1.807, 2.05) is 86.3 Å². The SMILES string of the molecule is CC(=O)N(C(C)C)C1CCC(CC(=O)Nc2cc(-c3ccccc3)c(-c3ccc(C4(OC(=O)NC(C)(C)C)CC(C)(O)C4)cc3)cn2)CC1. The molecular weight excluding hydrogens is 616 g/mol. The highest BCUT2D eigenvalue weighted by Gasteiger charge is 2.55. The molecule has 0 atom stereocenters. The Morgan fingerprint density at radius 2 is 1.57 bits per heavy atom. The maximum absolute atomic E-state index is 13.2. The van der Waals surface area contributed by atoms with Crippen LogP contribution >= 0.6 is 0 Å². The van der Waals surface area contributed by atoms with Crippen molar-refractivity contribution >= 4 is 23.7 Å². The van der Waals surface area contributed by atoms with E-state index in [4.69, 9.17) is 4.74 Å². The number of hydrogen-bond acceptors (Lipinski definition) is 6. The summed E-state index contributed by atoms with van der Waals surface area (Å²) in [5.74, 6) is 0.822. The molecule has 1 heterocycles. The van der Waals surface area contributed by atoms with Gasteiger partial charge in [-0.3, -0.25) is 9.59 Å². The van der Waals surface area contributed by atoms with Crippen LogP contribution in [0.15, 0.2) is 66.9 Å². The number of rotatable bonds is 9. The number of carbonyl (C=O) groups excluding carboxylic acids is 3. The fourth-order valence-corrected chi connectivity index (χ4v) is 7.71. The van der Waals surface area contributed by atoms with Gasteiger partial charge in [0.05, 0.1) is 5.60 Å². The number of hydrogen-bond donors (Lipinski definition) is 3. The lowest BCUT2D eigenvalue weighted by Gasteiger charge is -2.51. The Morgan fingerprint density at radius 3 is 2.12 bits per heavy atom. The molecule has 5 rings (SSSR count). The summed E-state index contributed by atoms with van der Waals surface area (Å²) in [7, 11) is 0. The summed E-state index contributed by atoms with van der Waals surface area (Å²) in [6, 6.07) is 20.2. The summed E-state index contributed by atoms with van der Waals surface area (Å²) in [6.07, 6.45) is 5.96. The highest BCUT2D eigenvalue weighted by atomic mass is 16.6. The normalized spacial score (nSPS) is 23.7. The van der Waals surface area contributed by atoms with E-state index in [1.54, 1.807) is 20.0 Å². The Hall–Kier alpha value is -4.24. The van der Waals surface area contributed by atoms with Crippen molar-refractivity contribution in [1.29, 1.82) is 0 Å². The van der Waals surface area contributed by atoms with Gasteiger partial charge in [0.15, 0.2) is 0 Å². The predicted octanol–water partition coefficient (Wildman–Crippen LogP) is 7.82. The largest absolute Gasteiger partial charge is 0.438 e. The van der Waals surface area contributed by atoms with Crippen LogP contribution in [0.25, 0.3) is 22.3 Å². The number of benzene rings is 2. The topological polar surface area (TPSA) is 121 Å². The van der Waals surface area contributed by atoms with Crippen molar-refractivity contribution in [3.63, 3.8) is 0 Å². The molecule has 2 aliphatic carbocycles. The summed E-state index contributed by atoms with van der Waals surface area (Å²) in [5, 5.41) is 16.5. The standard InChI is InChI=1S/C40H52N4O5/c1-26(2)44(27(3)45)32-19-13-28(14-20-32)21-36(46)42-35-22-33(29-11-9-8-10-12-29)34(23-41-35)30-15-17-31(18-16-30)40(24-39(7,48)25-40)49-37(47)43-38(4,5)6/h8-12,15-18,22-23,26,28,32,48H,13-14,19-21,24-25H2,1-7H3,(H,43,47)(H,41,42,46). The number of anilines is 1. The second kappa shape index (κ2) is 14.3. The number of pyridine rings is 1. The van der Waals surface area contributed by atoms with Crippen LogP contribution < -0.4 is 10.6 Å². The Balaban J connectivity index is 1.32. The van der Waals surface area contributed by atoms with E-state index in [0.717, 1.165) is 53.5 Å². The van der Waals surface area contributed by atoms with E-state index in [2.05, 4.69) is 29.5 Å². The minimum Gasteiger partial charge on any atom is -0.438 e. The van der Waals surface area contributed by atoms with Gasteiger partial charge in [0.2, 0.25) is 11.8 Å². The number of ether oxygens (including phenoxy) is 1. The van der Waals surface area contributed by atoms with Crippen LogP contribution in [0.4, 0.5) is 10.6 Å². The highest BCUT2D eigenvalue weighted by molar-refractivity contribution is 5.92. The number of alkyl carbamates (subject to hydrolysis) is 1. The first kappa shape index (κ1) is 36.1. The van der Waals surface area contributed by atoms with Gasteiger partial charge in [-0.25, -0.2) is 9.78 Å². The van der Waals surface area contributed by atoms with Crippen molar-refractivity contribution in [2.45, 2.75) is 122 Å². The first-order valence-corrected chi connectivity index (χ1v) is 17.5. The molecule has 0 radical (unpaired) electrons. The molecule has 3 N–H and O–H groups in total. The molecule has 0 spiro atoms. The lowest BCUT2D eigenvalue weighted by Crippen LogP contribution is -2.57. The van der Waals surface area contributed by atoms with Crippen LogP contribution in [0, 0.1) is 5.92 Å². The number of aromatic nitrogens is 1.